The van der Waals surface area contributed by atoms with Crippen LogP contribution in [0.4, 0.5) is 31.1 Å². The van der Waals surface area contributed by atoms with Crippen LogP contribution in [0.5, 0.6) is 5.75 Å². The highest BCUT2D eigenvalue weighted by atomic mass is 19.4. The molecule has 35 heavy (non-hydrogen) atoms. The number of hydrogen-bond donors (Lipinski definition) is 3. The van der Waals surface area contributed by atoms with Gasteiger partial charge in [0.2, 0.25) is 0 Å². The molecule has 0 unspecified atom stereocenters. The van der Waals surface area contributed by atoms with Crippen LogP contribution in [-0.2, 0) is 11.0 Å². The smallest absolute Gasteiger partial charge is 0.406 e. The van der Waals surface area contributed by atoms with Gasteiger partial charge < -0.3 is 15.4 Å². The summed E-state index contributed by atoms with van der Waals surface area (Å²) in [6.45, 7) is -0.290. The Bertz CT molecular complexity index is 1180. The fourth-order valence-corrected chi connectivity index (χ4v) is 3.95. The van der Waals surface area contributed by atoms with Gasteiger partial charge in [-0.3, -0.25) is 14.9 Å². The molecule has 13 heteroatoms. The molecule has 1 heterocycles. The quantitative estimate of drug-likeness (QED) is 0.412. The number of urea groups is 1. The number of nitrogens with one attached hydrogen (secondary N) is 3. The third kappa shape index (κ3) is 5.17. The van der Waals surface area contributed by atoms with Gasteiger partial charge in [0.15, 0.2) is 0 Å². The molecular weight excluding hydrogens is 484 g/mol. The largest absolute Gasteiger partial charge is 0.573 e. The van der Waals surface area contributed by atoms with E-state index in [1.54, 1.807) is 0 Å². The van der Waals surface area contributed by atoms with Gasteiger partial charge in [-0.15, -0.1) is 13.2 Å². The van der Waals surface area contributed by atoms with Crippen LogP contribution in [0, 0.1) is 5.92 Å². The Balaban J connectivity index is 1.65. The Morgan fingerprint density at radius 1 is 1.03 bits per heavy atom. The first kappa shape index (κ1) is 24.4. The fourth-order valence-electron chi connectivity index (χ4n) is 3.95. The average molecular weight is 501 g/mol. The van der Waals surface area contributed by atoms with Crippen molar-refractivity contribution < 1.29 is 45.5 Å². The molecule has 1 saturated heterocycles. The van der Waals surface area contributed by atoms with E-state index in [4.69, 9.17) is 0 Å². The van der Waals surface area contributed by atoms with Crippen LogP contribution in [0.25, 0.3) is 11.1 Å². The van der Waals surface area contributed by atoms with Crippen molar-refractivity contribution >= 4 is 17.8 Å². The maximum absolute atomic E-state index is 13.0. The third-order valence-electron chi connectivity index (χ3n) is 5.76. The zero-order chi connectivity index (χ0) is 25.6. The van der Waals surface area contributed by atoms with Crippen LogP contribution in [0.15, 0.2) is 42.5 Å². The first-order valence-electron chi connectivity index (χ1n) is 10.3. The molecule has 0 radical (unpaired) electrons. The molecule has 1 aliphatic heterocycles. The van der Waals surface area contributed by atoms with E-state index in [1.165, 1.54) is 0 Å². The lowest BCUT2D eigenvalue weighted by Crippen LogP contribution is -2.57. The minimum Gasteiger partial charge on any atom is -0.406 e. The molecule has 4 rings (SSSR count). The van der Waals surface area contributed by atoms with Gasteiger partial charge in [0, 0.05) is 5.56 Å². The molecule has 2 fully saturated rings. The fraction of sp³-hybridized carbons (Fsp3) is 0.318. The highest BCUT2D eigenvalue weighted by Crippen LogP contribution is 2.41. The number of hydrogen-bond acceptors (Lipinski definition) is 4. The third-order valence-corrected chi connectivity index (χ3v) is 5.76. The summed E-state index contributed by atoms with van der Waals surface area (Å²) in [6.07, 6.45) is -8.39. The van der Waals surface area contributed by atoms with Crippen molar-refractivity contribution in [1.29, 1.82) is 0 Å². The van der Waals surface area contributed by atoms with E-state index in [0.29, 0.717) is 12.8 Å². The van der Waals surface area contributed by atoms with Crippen molar-refractivity contribution in [1.82, 2.24) is 16.0 Å². The highest BCUT2D eigenvalue weighted by Gasteiger charge is 2.56. The predicted molar refractivity (Wildman–Crippen MR) is 108 cm³/mol. The van der Waals surface area contributed by atoms with Crippen LogP contribution in [0.2, 0.25) is 0 Å². The summed E-state index contributed by atoms with van der Waals surface area (Å²) in [5, 5.41) is 7.15. The summed E-state index contributed by atoms with van der Waals surface area (Å²) in [5.41, 5.74) is -2.61. The lowest BCUT2D eigenvalue weighted by Gasteiger charge is -2.26. The molecule has 1 aliphatic carbocycles. The molecule has 7 nitrogen and oxygen atoms in total. The molecule has 1 atom stereocenters. The maximum Gasteiger partial charge on any atom is 0.573 e. The van der Waals surface area contributed by atoms with Crippen LogP contribution in [0.3, 0.4) is 0 Å². The summed E-state index contributed by atoms with van der Waals surface area (Å²) in [6, 6.07) is 5.58. The van der Waals surface area contributed by atoms with Crippen molar-refractivity contribution in [2.45, 2.75) is 30.9 Å². The van der Waals surface area contributed by atoms with E-state index in [1.807, 2.05) is 0 Å². The van der Waals surface area contributed by atoms with Crippen LogP contribution in [0.1, 0.15) is 28.8 Å². The van der Waals surface area contributed by atoms with Crippen molar-refractivity contribution in [3.8, 4) is 16.9 Å². The zero-order valence-electron chi connectivity index (χ0n) is 17.6. The number of rotatable bonds is 6. The number of carbonyl (C=O) groups is 3. The second-order valence-corrected chi connectivity index (χ2v) is 8.17. The van der Waals surface area contributed by atoms with Gasteiger partial charge in [-0.1, -0.05) is 12.1 Å². The zero-order valence-corrected chi connectivity index (χ0v) is 17.6. The Kier molecular flexibility index (Phi) is 5.89. The van der Waals surface area contributed by atoms with E-state index < -0.39 is 47.2 Å². The molecule has 0 aromatic heterocycles. The second kappa shape index (κ2) is 8.47. The first-order valence-corrected chi connectivity index (χ1v) is 10.3. The molecular formula is C22H17F6N3O4. The first-order chi connectivity index (χ1) is 16.3. The monoisotopic (exact) mass is 501 g/mol. The summed E-state index contributed by atoms with van der Waals surface area (Å²) in [5.74, 6) is -2.30. The molecule has 2 aromatic rings. The predicted octanol–water partition coefficient (Wildman–Crippen LogP) is 3.99. The average Bonchev–Trinajstić information content (AvgIpc) is 3.56. The van der Waals surface area contributed by atoms with Gasteiger partial charge in [-0.05, 0) is 60.2 Å². The van der Waals surface area contributed by atoms with Crippen molar-refractivity contribution in [2.24, 2.45) is 5.92 Å². The second-order valence-electron chi connectivity index (χ2n) is 8.17. The van der Waals surface area contributed by atoms with Gasteiger partial charge in [-0.2, -0.15) is 13.2 Å². The number of alkyl halides is 6. The van der Waals surface area contributed by atoms with E-state index in [-0.39, 0.29) is 29.2 Å². The molecule has 3 N–H and O–H groups in total. The van der Waals surface area contributed by atoms with Crippen LogP contribution in [-0.4, -0.2) is 36.3 Å². The lowest BCUT2D eigenvalue weighted by molar-refractivity contribution is -0.274. The lowest BCUT2D eigenvalue weighted by atomic mass is 9.92. The molecule has 186 valence electrons. The number of benzene rings is 2. The highest BCUT2D eigenvalue weighted by molar-refractivity contribution is 6.08. The minimum absolute atomic E-state index is 0.0274. The van der Waals surface area contributed by atoms with E-state index in [9.17, 15) is 40.7 Å². The number of amides is 4. The molecule has 0 bridgehead atoms. The summed E-state index contributed by atoms with van der Waals surface area (Å²) in [4.78, 5) is 37.0. The van der Waals surface area contributed by atoms with Gasteiger partial charge in [0.05, 0.1) is 12.1 Å². The number of carbonyl (C=O) groups excluding carboxylic acids is 3. The molecule has 0 spiro atoms. The van der Waals surface area contributed by atoms with Gasteiger partial charge >= 0.3 is 18.6 Å². The summed E-state index contributed by atoms with van der Waals surface area (Å²) in [7, 11) is 0. The standard InChI is InChI=1S/C22H17F6N3O4/c23-21(24,25)13-3-1-11(2-4-13)16-9-14(35-22(26,27)28)7-8-15(16)17(32)29-10-20(12-5-6-12)18(33)30-19(34)31-20/h1-4,7-9,12H,5-6,10H2,(H,29,32)(H2,30,31,33,34)/t20-/m0/s1. The van der Waals surface area contributed by atoms with Crippen molar-refractivity contribution in [2.75, 3.05) is 6.54 Å². The van der Waals surface area contributed by atoms with Gasteiger partial charge in [-0.25, -0.2) is 4.79 Å². The molecule has 2 aromatic carbocycles. The number of halogens is 6. The molecule has 4 amide bonds. The summed E-state index contributed by atoms with van der Waals surface area (Å²) < 4.78 is 80.8. The Morgan fingerprint density at radius 2 is 1.69 bits per heavy atom. The topological polar surface area (TPSA) is 96.5 Å². The Hall–Kier alpha value is -3.77. The van der Waals surface area contributed by atoms with Crippen molar-refractivity contribution in [3.05, 3.63) is 53.6 Å². The van der Waals surface area contributed by atoms with Gasteiger partial charge in [0.25, 0.3) is 11.8 Å². The molecule has 1 saturated carbocycles. The van der Waals surface area contributed by atoms with Crippen molar-refractivity contribution in [3.63, 3.8) is 0 Å². The minimum atomic E-state index is -5.04. The van der Waals surface area contributed by atoms with Crippen LogP contribution >= 0.6 is 0 Å². The summed E-state index contributed by atoms with van der Waals surface area (Å²) >= 11 is 0. The Morgan fingerprint density at radius 3 is 2.20 bits per heavy atom. The maximum atomic E-state index is 13.0. The molecule has 2 aliphatic rings. The van der Waals surface area contributed by atoms with E-state index in [2.05, 4.69) is 20.7 Å². The van der Waals surface area contributed by atoms with E-state index in [0.717, 1.165) is 42.5 Å². The Labute approximate surface area is 193 Å². The number of ether oxygens (including phenoxy) is 1. The number of imide groups is 1. The van der Waals surface area contributed by atoms with E-state index >= 15 is 0 Å². The SMILES string of the molecule is O=C1NC(=O)[C@](CNC(=O)c2ccc(OC(F)(F)F)cc2-c2ccc(C(F)(F)F)cc2)(C2CC2)N1. The van der Waals surface area contributed by atoms with Gasteiger partial charge in [0.1, 0.15) is 11.3 Å². The van der Waals surface area contributed by atoms with Crippen LogP contribution < -0.4 is 20.7 Å². The normalized spacial score (nSPS) is 20.3.